The van der Waals surface area contributed by atoms with Crippen molar-refractivity contribution in [3.8, 4) is 0 Å². The van der Waals surface area contributed by atoms with Gasteiger partial charge in [-0.25, -0.2) is 8.42 Å². The highest BCUT2D eigenvalue weighted by molar-refractivity contribution is 7.92. The molecule has 1 atom stereocenters. The minimum absolute atomic E-state index is 0.0101. The molecule has 3 aromatic carbocycles. The molecule has 208 valence electrons. The monoisotopic (exact) mass is 569 g/mol. The highest BCUT2D eigenvalue weighted by Crippen LogP contribution is 2.26. The second-order valence-corrected chi connectivity index (χ2v) is 11.9. The van der Waals surface area contributed by atoms with Crippen LogP contribution in [0.25, 0.3) is 0 Å². The third kappa shape index (κ3) is 8.07. The predicted molar refractivity (Wildman–Crippen MR) is 156 cm³/mol. The van der Waals surface area contributed by atoms with Crippen LogP contribution in [0.3, 0.4) is 0 Å². The van der Waals surface area contributed by atoms with E-state index in [4.69, 9.17) is 11.6 Å². The number of aryl methyl sites for hydroxylation is 2. The van der Waals surface area contributed by atoms with E-state index in [1.807, 2.05) is 45.0 Å². The predicted octanol–water partition coefficient (Wildman–Crippen LogP) is 5.49. The minimum Gasteiger partial charge on any atom is -0.354 e. The number of benzene rings is 3. The van der Waals surface area contributed by atoms with E-state index < -0.39 is 28.5 Å². The van der Waals surface area contributed by atoms with Gasteiger partial charge in [0.2, 0.25) is 11.8 Å². The molecular formula is C30H36ClN3O4S. The first-order valence-corrected chi connectivity index (χ1v) is 14.8. The lowest BCUT2D eigenvalue weighted by atomic mass is 10.1. The number of sulfonamides is 1. The summed E-state index contributed by atoms with van der Waals surface area (Å²) in [6.45, 7) is 7.73. The number of unbranched alkanes of at least 4 members (excludes halogenated alkanes) is 1. The Morgan fingerprint density at radius 2 is 1.62 bits per heavy atom. The van der Waals surface area contributed by atoms with Gasteiger partial charge < -0.3 is 10.2 Å². The smallest absolute Gasteiger partial charge is 0.264 e. The van der Waals surface area contributed by atoms with E-state index >= 15 is 0 Å². The lowest BCUT2D eigenvalue weighted by Crippen LogP contribution is -2.51. The zero-order valence-corrected chi connectivity index (χ0v) is 24.4. The van der Waals surface area contributed by atoms with Crippen LogP contribution in [0, 0.1) is 13.8 Å². The van der Waals surface area contributed by atoms with Gasteiger partial charge in [0.15, 0.2) is 0 Å². The summed E-state index contributed by atoms with van der Waals surface area (Å²) >= 11 is 5.99. The van der Waals surface area contributed by atoms with Crippen molar-refractivity contribution in [2.45, 2.75) is 58.0 Å². The summed E-state index contributed by atoms with van der Waals surface area (Å²) in [5, 5.41) is 3.29. The molecule has 0 spiro atoms. The highest BCUT2D eigenvalue weighted by Gasteiger charge is 2.32. The van der Waals surface area contributed by atoms with Crippen molar-refractivity contribution in [2.24, 2.45) is 0 Å². The molecule has 0 radical (unpaired) electrons. The molecule has 0 aliphatic rings. The average Bonchev–Trinajstić information content (AvgIpc) is 2.90. The van der Waals surface area contributed by atoms with Crippen molar-refractivity contribution in [3.05, 3.63) is 94.5 Å². The molecule has 2 amide bonds. The first kappa shape index (κ1) is 30.2. The van der Waals surface area contributed by atoms with Gasteiger partial charge in [-0.1, -0.05) is 72.5 Å². The van der Waals surface area contributed by atoms with E-state index in [2.05, 4.69) is 5.32 Å². The number of carbonyl (C=O) groups is 2. The zero-order chi connectivity index (χ0) is 28.6. The Bertz CT molecular complexity index is 1380. The molecular weight excluding hydrogens is 534 g/mol. The van der Waals surface area contributed by atoms with Gasteiger partial charge in [0.1, 0.15) is 12.6 Å². The van der Waals surface area contributed by atoms with Crippen molar-refractivity contribution < 1.29 is 18.0 Å². The molecule has 7 nitrogen and oxygen atoms in total. The maximum Gasteiger partial charge on any atom is 0.264 e. The Balaban J connectivity index is 1.99. The number of hydrogen-bond acceptors (Lipinski definition) is 4. The van der Waals surface area contributed by atoms with Crippen molar-refractivity contribution in [2.75, 3.05) is 17.4 Å². The van der Waals surface area contributed by atoms with Crippen molar-refractivity contribution in [1.82, 2.24) is 10.2 Å². The molecule has 39 heavy (non-hydrogen) atoms. The van der Waals surface area contributed by atoms with E-state index in [9.17, 15) is 18.0 Å². The molecule has 0 bridgehead atoms. The highest BCUT2D eigenvalue weighted by atomic mass is 35.5. The molecule has 0 heterocycles. The Morgan fingerprint density at radius 3 is 2.23 bits per heavy atom. The lowest BCUT2D eigenvalue weighted by molar-refractivity contribution is -0.139. The van der Waals surface area contributed by atoms with Crippen molar-refractivity contribution in [3.63, 3.8) is 0 Å². The minimum atomic E-state index is -4.13. The summed E-state index contributed by atoms with van der Waals surface area (Å²) in [4.78, 5) is 28.4. The molecule has 0 saturated carbocycles. The Kier molecular flexibility index (Phi) is 10.5. The Labute approximate surface area is 236 Å². The van der Waals surface area contributed by atoms with Crippen LogP contribution in [0.5, 0.6) is 0 Å². The molecule has 0 fully saturated rings. The molecule has 0 unspecified atom stereocenters. The van der Waals surface area contributed by atoms with Crippen LogP contribution in [-0.4, -0.2) is 44.3 Å². The summed E-state index contributed by atoms with van der Waals surface area (Å²) in [6, 6.07) is 19.6. The van der Waals surface area contributed by atoms with Gasteiger partial charge in [-0.15, -0.1) is 0 Å². The zero-order valence-electron chi connectivity index (χ0n) is 22.9. The Hall–Kier alpha value is -3.36. The van der Waals surface area contributed by atoms with Crippen molar-refractivity contribution >= 4 is 39.1 Å². The number of rotatable bonds is 12. The standard InChI is InChI=1S/C30H36ClN3O4S/c1-5-6-18-32-30(36)24(4)33(20-25-9-7-8-23(3)19-25)29(35)21-34(27-14-10-22(2)11-15-27)39(37,38)28-16-12-26(31)13-17-28/h7-17,19,24H,5-6,18,20-21H2,1-4H3,(H,32,36)/t24-/m1/s1. The summed E-state index contributed by atoms with van der Waals surface area (Å²) < 4.78 is 28.7. The topological polar surface area (TPSA) is 86.8 Å². The molecule has 0 saturated heterocycles. The summed E-state index contributed by atoms with van der Waals surface area (Å²) in [6.07, 6.45) is 1.75. The molecule has 9 heteroatoms. The number of anilines is 1. The number of nitrogens with one attached hydrogen (secondary N) is 1. The lowest BCUT2D eigenvalue weighted by Gasteiger charge is -2.32. The maximum absolute atomic E-state index is 13.9. The first-order chi connectivity index (χ1) is 18.5. The average molecular weight is 570 g/mol. The van der Waals surface area contributed by atoms with E-state index in [0.717, 1.165) is 33.8 Å². The van der Waals surface area contributed by atoms with E-state index in [-0.39, 0.29) is 17.3 Å². The van der Waals surface area contributed by atoms with Gasteiger partial charge in [-0.3, -0.25) is 13.9 Å². The molecule has 0 aromatic heterocycles. The van der Waals surface area contributed by atoms with Crippen LogP contribution in [0.15, 0.2) is 77.7 Å². The molecule has 1 N–H and O–H groups in total. The number of hydrogen-bond donors (Lipinski definition) is 1. The maximum atomic E-state index is 13.9. The van der Waals surface area contributed by atoms with E-state index in [0.29, 0.717) is 17.3 Å². The fraction of sp³-hybridized carbons (Fsp3) is 0.333. The first-order valence-electron chi connectivity index (χ1n) is 13.0. The second kappa shape index (κ2) is 13.6. The largest absolute Gasteiger partial charge is 0.354 e. The van der Waals surface area contributed by atoms with Gasteiger partial charge in [-0.2, -0.15) is 0 Å². The van der Waals surface area contributed by atoms with Gasteiger partial charge in [0.25, 0.3) is 10.0 Å². The number of nitrogens with zero attached hydrogens (tertiary/aromatic N) is 2. The second-order valence-electron chi connectivity index (χ2n) is 9.63. The van der Waals surface area contributed by atoms with Gasteiger partial charge in [0, 0.05) is 18.1 Å². The molecule has 0 aliphatic carbocycles. The van der Waals surface area contributed by atoms with Crippen LogP contribution in [-0.2, 0) is 26.2 Å². The van der Waals surface area contributed by atoms with Gasteiger partial charge >= 0.3 is 0 Å². The fourth-order valence-corrected chi connectivity index (χ4v) is 5.64. The van der Waals surface area contributed by atoms with Crippen molar-refractivity contribution in [1.29, 1.82) is 0 Å². The number of halogens is 1. The third-order valence-corrected chi connectivity index (χ3v) is 8.47. The van der Waals surface area contributed by atoms with Crippen LogP contribution in [0.4, 0.5) is 5.69 Å². The normalized spacial score (nSPS) is 12.0. The third-order valence-electron chi connectivity index (χ3n) is 6.43. The summed E-state index contributed by atoms with van der Waals surface area (Å²) in [5.41, 5.74) is 3.16. The summed E-state index contributed by atoms with van der Waals surface area (Å²) in [5.74, 6) is -0.778. The van der Waals surface area contributed by atoms with Gasteiger partial charge in [-0.05, 0) is 69.2 Å². The number of amides is 2. The van der Waals surface area contributed by atoms with Gasteiger partial charge in [0.05, 0.1) is 10.6 Å². The van der Waals surface area contributed by atoms with Crippen LogP contribution >= 0.6 is 11.6 Å². The SMILES string of the molecule is CCCCNC(=O)[C@@H](C)N(Cc1cccc(C)c1)C(=O)CN(c1ccc(C)cc1)S(=O)(=O)c1ccc(Cl)cc1. The van der Waals surface area contributed by atoms with Crippen LogP contribution in [0.1, 0.15) is 43.4 Å². The van der Waals surface area contributed by atoms with E-state index in [1.165, 1.54) is 29.2 Å². The molecule has 3 rings (SSSR count). The number of carbonyl (C=O) groups excluding carboxylic acids is 2. The molecule has 0 aliphatic heterocycles. The quantitative estimate of drug-likeness (QED) is 0.292. The molecule has 3 aromatic rings. The fourth-order valence-electron chi connectivity index (χ4n) is 4.10. The van der Waals surface area contributed by atoms with Crippen LogP contribution in [0.2, 0.25) is 5.02 Å². The van der Waals surface area contributed by atoms with E-state index in [1.54, 1.807) is 31.2 Å². The Morgan fingerprint density at radius 1 is 0.949 bits per heavy atom. The van der Waals surface area contributed by atoms with Crippen LogP contribution < -0.4 is 9.62 Å². The summed E-state index contributed by atoms with van der Waals surface area (Å²) in [7, 11) is -4.13.